The highest BCUT2D eigenvalue weighted by atomic mass is 32.2. The van der Waals surface area contributed by atoms with Crippen molar-refractivity contribution < 1.29 is 24.2 Å². The Labute approximate surface area is 255 Å². The molecule has 1 aliphatic heterocycles. The highest BCUT2D eigenvalue weighted by Gasteiger charge is 2.39. The van der Waals surface area contributed by atoms with Crippen molar-refractivity contribution in [2.45, 2.75) is 75.5 Å². The minimum absolute atomic E-state index is 0.232. The quantitative estimate of drug-likeness (QED) is 0.290. The lowest BCUT2D eigenvalue weighted by Gasteiger charge is -2.36. The molecule has 13 heteroatoms. The number of carbonyl (C=O) groups is 3. The number of benzene rings is 1. The molecule has 6 N–H and O–H groups in total. The normalized spacial score (nSPS) is 15.8. The molecule has 12 nitrogen and oxygen atoms in total. The number of nitrogens with two attached hydrogens (primary N) is 2. The van der Waals surface area contributed by atoms with Crippen LogP contribution in [0.25, 0.3) is 0 Å². The fourth-order valence-electron chi connectivity index (χ4n) is 4.89. The summed E-state index contributed by atoms with van der Waals surface area (Å²) >= 11 is 1.07. The Morgan fingerprint density at radius 3 is 2.23 bits per heavy atom. The van der Waals surface area contributed by atoms with Crippen molar-refractivity contribution in [2.75, 3.05) is 18.0 Å². The minimum atomic E-state index is -1.48. The zero-order valence-electron chi connectivity index (χ0n) is 24.7. The number of rotatable bonds is 10. The number of hydrogen-bond donors (Lipinski definition) is 4. The Bertz CT molecular complexity index is 1420. The minimum Gasteiger partial charge on any atom is -0.433 e. The van der Waals surface area contributed by atoms with Gasteiger partial charge in [-0.2, -0.15) is 10.5 Å². The molecule has 0 aliphatic carbocycles. The van der Waals surface area contributed by atoms with E-state index in [1.54, 1.807) is 45.0 Å². The number of ether oxygens (including phenoxy) is 1. The second kappa shape index (κ2) is 14.2. The van der Waals surface area contributed by atoms with Crippen LogP contribution in [0.15, 0.2) is 35.4 Å². The number of nitriles is 2. The van der Waals surface area contributed by atoms with Crippen molar-refractivity contribution in [3.8, 4) is 12.1 Å². The van der Waals surface area contributed by atoms with E-state index in [0.29, 0.717) is 54.3 Å². The summed E-state index contributed by atoms with van der Waals surface area (Å²) in [4.78, 5) is 43.5. The van der Waals surface area contributed by atoms with Crippen LogP contribution in [0.2, 0.25) is 0 Å². The molecular formula is C30H37N7O5S. The lowest BCUT2D eigenvalue weighted by atomic mass is 9.85. The molecule has 0 bridgehead atoms. The Kier molecular flexibility index (Phi) is 11.0. The fraction of sp³-hybridized carbons (Fsp3) is 0.467. The van der Waals surface area contributed by atoms with E-state index in [2.05, 4.69) is 17.5 Å². The second-order valence-corrected chi connectivity index (χ2v) is 12.4. The number of anilines is 1. The molecule has 1 saturated heterocycles. The summed E-state index contributed by atoms with van der Waals surface area (Å²) in [5, 5.41) is 33.1. The lowest BCUT2D eigenvalue weighted by molar-refractivity contribution is -0.141. The van der Waals surface area contributed by atoms with E-state index in [-0.39, 0.29) is 17.2 Å². The molecule has 3 rings (SSSR count). The average molecular weight is 608 g/mol. The number of piperidine rings is 1. The maximum Gasteiger partial charge on any atom is 0.405 e. The number of aromatic nitrogens is 1. The number of thioether (sulfide) groups is 1. The van der Waals surface area contributed by atoms with E-state index in [9.17, 15) is 30.0 Å². The van der Waals surface area contributed by atoms with Crippen LogP contribution in [0.1, 0.15) is 68.0 Å². The number of aliphatic hydroxyl groups is 1. The molecule has 228 valence electrons. The molecule has 3 unspecified atom stereocenters. The van der Waals surface area contributed by atoms with Gasteiger partial charge in [-0.15, -0.1) is 0 Å². The predicted octanol–water partition coefficient (Wildman–Crippen LogP) is 2.66. The van der Waals surface area contributed by atoms with E-state index in [0.717, 1.165) is 11.8 Å². The van der Waals surface area contributed by atoms with Crippen LogP contribution in [0.3, 0.4) is 0 Å². The molecule has 43 heavy (non-hydrogen) atoms. The molecular weight excluding hydrogens is 570 g/mol. The maximum absolute atomic E-state index is 13.0. The topological polar surface area (TPSA) is 208 Å². The van der Waals surface area contributed by atoms with Gasteiger partial charge in [-0.25, -0.2) is 9.78 Å². The summed E-state index contributed by atoms with van der Waals surface area (Å²) in [6.07, 6.45) is -2.61. The lowest BCUT2D eigenvalue weighted by Crippen LogP contribution is -2.54. The van der Waals surface area contributed by atoms with Crippen LogP contribution in [0, 0.1) is 28.1 Å². The Morgan fingerprint density at radius 1 is 1.14 bits per heavy atom. The Balaban J connectivity index is 1.87. The van der Waals surface area contributed by atoms with Gasteiger partial charge in [0.05, 0.1) is 11.1 Å². The van der Waals surface area contributed by atoms with Gasteiger partial charge < -0.3 is 31.5 Å². The molecule has 3 atom stereocenters. The summed E-state index contributed by atoms with van der Waals surface area (Å²) in [7, 11) is 0. The third-order valence-electron chi connectivity index (χ3n) is 7.23. The van der Waals surface area contributed by atoms with E-state index in [4.69, 9.17) is 21.2 Å². The second-order valence-electron chi connectivity index (χ2n) is 11.3. The van der Waals surface area contributed by atoms with Crippen LogP contribution in [-0.4, -0.2) is 59.3 Å². The molecule has 0 saturated carbocycles. The number of carbonyl (C=O) groups excluding carboxylic acids is 3. The third kappa shape index (κ3) is 7.95. The van der Waals surface area contributed by atoms with Gasteiger partial charge >= 0.3 is 6.09 Å². The van der Waals surface area contributed by atoms with Crippen LogP contribution < -0.4 is 21.7 Å². The molecule has 0 spiro atoms. The standard InChI is InChI=1S/C30H37N7O5S/c1-5-19-20(15-31)26(36-28(21(19)16-32)43-23(25(33)39)17-9-7-6-8-10-17)37-13-11-18(12-14-37)35-27(40)22(42-29(34)41)24(38)30(2,3)4/h6-10,18,22-24,38H,5,11-14H2,1-4H3,(H2,33,39)(H2,34,41)(H,35,40). The first-order valence-electron chi connectivity index (χ1n) is 13.9. The highest BCUT2D eigenvalue weighted by molar-refractivity contribution is 8.00. The number of pyridine rings is 1. The molecule has 2 aromatic rings. The van der Waals surface area contributed by atoms with Crippen molar-refractivity contribution in [2.24, 2.45) is 16.9 Å². The van der Waals surface area contributed by atoms with Crippen molar-refractivity contribution >= 4 is 35.5 Å². The molecule has 1 fully saturated rings. The monoisotopic (exact) mass is 607 g/mol. The zero-order chi connectivity index (χ0) is 31.9. The van der Waals surface area contributed by atoms with Crippen molar-refractivity contribution in [3.05, 3.63) is 52.6 Å². The molecule has 1 aliphatic rings. The third-order valence-corrected chi connectivity index (χ3v) is 8.49. The molecule has 1 aromatic heterocycles. The van der Waals surface area contributed by atoms with Gasteiger partial charge in [0.25, 0.3) is 5.91 Å². The summed E-state index contributed by atoms with van der Waals surface area (Å²) in [6, 6.07) is 13.0. The predicted molar refractivity (Wildman–Crippen MR) is 161 cm³/mol. The van der Waals surface area contributed by atoms with E-state index >= 15 is 0 Å². The number of primary amides is 2. The SMILES string of the molecule is CCc1c(C#N)c(SC(C(N)=O)c2ccccc2)nc(N2CCC(NC(=O)C(OC(N)=O)C(O)C(C)(C)C)CC2)c1C#N. The van der Waals surface area contributed by atoms with Crippen LogP contribution in [0.4, 0.5) is 10.6 Å². The van der Waals surface area contributed by atoms with E-state index in [1.165, 1.54) is 0 Å². The van der Waals surface area contributed by atoms with Gasteiger partial charge in [0.1, 0.15) is 34.3 Å². The summed E-state index contributed by atoms with van der Waals surface area (Å²) in [5.74, 6) is -0.850. The van der Waals surface area contributed by atoms with Crippen LogP contribution in [0.5, 0.6) is 0 Å². The average Bonchev–Trinajstić information content (AvgIpc) is 2.97. The number of amides is 3. The van der Waals surface area contributed by atoms with Crippen LogP contribution in [-0.2, 0) is 20.7 Å². The number of aliphatic hydroxyl groups excluding tert-OH is 1. The Morgan fingerprint density at radius 2 is 1.74 bits per heavy atom. The van der Waals surface area contributed by atoms with Crippen molar-refractivity contribution in [1.29, 1.82) is 10.5 Å². The van der Waals surface area contributed by atoms with Gasteiger partial charge in [-0.3, -0.25) is 9.59 Å². The molecule has 1 aromatic carbocycles. The van der Waals surface area contributed by atoms with Gasteiger partial charge in [-0.05, 0) is 35.8 Å². The number of hydrogen-bond acceptors (Lipinski definition) is 10. The van der Waals surface area contributed by atoms with Gasteiger partial charge in [-0.1, -0.05) is 69.8 Å². The summed E-state index contributed by atoms with van der Waals surface area (Å²) in [5.41, 5.74) is 11.9. The number of nitrogens with zero attached hydrogens (tertiary/aromatic N) is 4. The fourth-order valence-corrected chi connectivity index (χ4v) is 5.95. The number of nitrogens with one attached hydrogen (secondary N) is 1. The van der Waals surface area contributed by atoms with Crippen molar-refractivity contribution in [1.82, 2.24) is 10.3 Å². The largest absolute Gasteiger partial charge is 0.433 e. The smallest absolute Gasteiger partial charge is 0.405 e. The summed E-state index contributed by atoms with van der Waals surface area (Å²) in [6.45, 7) is 7.79. The van der Waals surface area contributed by atoms with Crippen LogP contribution >= 0.6 is 11.8 Å². The first-order chi connectivity index (χ1) is 20.3. The van der Waals surface area contributed by atoms with Crippen molar-refractivity contribution in [3.63, 3.8) is 0 Å². The maximum atomic E-state index is 13.0. The first-order valence-corrected chi connectivity index (χ1v) is 14.8. The van der Waals surface area contributed by atoms with Gasteiger partial charge in [0.15, 0.2) is 0 Å². The van der Waals surface area contributed by atoms with Gasteiger partial charge in [0, 0.05) is 19.1 Å². The molecule has 0 radical (unpaired) electrons. The summed E-state index contributed by atoms with van der Waals surface area (Å²) < 4.78 is 4.96. The van der Waals surface area contributed by atoms with E-state index in [1.807, 2.05) is 17.9 Å². The van der Waals surface area contributed by atoms with Gasteiger partial charge in [0.2, 0.25) is 12.0 Å². The molecule has 2 heterocycles. The molecule has 3 amide bonds. The van der Waals surface area contributed by atoms with E-state index < -0.39 is 40.8 Å². The Hall–Kier alpha value is -4.33. The first kappa shape index (κ1) is 33.2. The zero-order valence-corrected chi connectivity index (χ0v) is 25.5. The highest BCUT2D eigenvalue weighted by Crippen LogP contribution is 2.40.